The van der Waals surface area contributed by atoms with Gasteiger partial charge in [-0.1, -0.05) is 0 Å². The fourth-order valence-electron chi connectivity index (χ4n) is 1.79. The molecule has 19 heavy (non-hydrogen) atoms. The SMILES string of the molecule is CC(=O)OC1OC(CN)C(OC(C)=O)C1OC(C)=O. The van der Waals surface area contributed by atoms with Gasteiger partial charge < -0.3 is 24.7 Å². The van der Waals surface area contributed by atoms with Crippen LogP contribution in [0.3, 0.4) is 0 Å². The van der Waals surface area contributed by atoms with Crippen LogP contribution in [0.2, 0.25) is 0 Å². The van der Waals surface area contributed by atoms with Crippen LogP contribution in [0.4, 0.5) is 0 Å². The van der Waals surface area contributed by atoms with Crippen LogP contribution < -0.4 is 5.73 Å². The molecule has 1 aliphatic heterocycles. The van der Waals surface area contributed by atoms with E-state index in [-0.39, 0.29) is 6.54 Å². The summed E-state index contributed by atoms with van der Waals surface area (Å²) < 4.78 is 20.2. The zero-order valence-corrected chi connectivity index (χ0v) is 11.0. The summed E-state index contributed by atoms with van der Waals surface area (Å²) in [7, 11) is 0. The van der Waals surface area contributed by atoms with E-state index in [0.29, 0.717) is 0 Å². The number of hydrogen-bond donors (Lipinski definition) is 1. The molecule has 1 aliphatic rings. The van der Waals surface area contributed by atoms with E-state index in [2.05, 4.69) is 0 Å². The van der Waals surface area contributed by atoms with Crippen LogP contribution in [0.15, 0.2) is 0 Å². The van der Waals surface area contributed by atoms with Crippen molar-refractivity contribution in [3.05, 3.63) is 0 Å². The minimum atomic E-state index is -1.14. The number of ether oxygens (including phenoxy) is 4. The van der Waals surface area contributed by atoms with Crippen LogP contribution in [-0.2, 0) is 33.3 Å². The number of carbonyl (C=O) groups is 3. The Morgan fingerprint density at radius 1 is 0.947 bits per heavy atom. The zero-order chi connectivity index (χ0) is 14.6. The molecule has 8 heteroatoms. The van der Waals surface area contributed by atoms with Gasteiger partial charge in [-0.15, -0.1) is 0 Å². The van der Waals surface area contributed by atoms with E-state index in [9.17, 15) is 14.4 Å². The van der Waals surface area contributed by atoms with Gasteiger partial charge in [0, 0.05) is 27.3 Å². The van der Waals surface area contributed by atoms with Crippen LogP contribution in [0, 0.1) is 0 Å². The lowest BCUT2D eigenvalue weighted by atomic mass is 10.1. The first-order valence-electron chi connectivity index (χ1n) is 5.72. The summed E-state index contributed by atoms with van der Waals surface area (Å²) in [6.45, 7) is 3.60. The monoisotopic (exact) mass is 275 g/mol. The maximum atomic E-state index is 11.1. The molecule has 0 aromatic rings. The third kappa shape index (κ3) is 4.18. The Labute approximate surface area is 110 Å². The second-order valence-electron chi connectivity index (χ2n) is 4.04. The average molecular weight is 275 g/mol. The summed E-state index contributed by atoms with van der Waals surface area (Å²) in [4.78, 5) is 33.1. The smallest absolute Gasteiger partial charge is 0.305 e. The van der Waals surface area contributed by atoms with E-state index in [4.69, 9.17) is 24.7 Å². The Kier molecular flexibility index (Phi) is 5.25. The fraction of sp³-hybridized carbons (Fsp3) is 0.727. The number of rotatable bonds is 4. The van der Waals surface area contributed by atoms with Gasteiger partial charge in [-0.25, -0.2) is 0 Å². The number of hydrogen-bond acceptors (Lipinski definition) is 8. The topological polar surface area (TPSA) is 114 Å². The average Bonchev–Trinajstić information content (AvgIpc) is 2.55. The van der Waals surface area contributed by atoms with E-state index >= 15 is 0 Å². The van der Waals surface area contributed by atoms with E-state index < -0.39 is 42.5 Å². The van der Waals surface area contributed by atoms with Gasteiger partial charge >= 0.3 is 17.9 Å². The van der Waals surface area contributed by atoms with Crippen molar-refractivity contribution >= 4 is 17.9 Å². The summed E-state index contributed by atoms with van der Waals surface area (Å²) in [5.41, 5.74) is 5.49. The molecule has 108 valence electrons. The Balaban J connectivity index is 2.90. The minimum absolute atomic E-state index is 0.0213. The largest absolute Gasteiger partial charge is 0.455 e. The van der Waals surface area contributed by atoms with Gasteiger partial charge in [0.25, 0.3) is 0 Å². The van der Waals surface area contributed by atoms with Crippen LogP contribution in [-0.4, -0.2) is 49.1 Å². The second kappa shape index (κ2) is 6.48. The Morgan fingerprint density at radius 3 is 1.84 bits per heavy atom. The highest BCUT2D eigenvalue weighted by Crippen LogP contribution is 2.27. The fourth-order valence-corrected chi connectivity index (χ4v) is 1.79. The number of esters is 3. The maximum absolute atomic E-state index is 11.1. The van der Waals surface area contributed by atoms with Crippen molar-refractivity contribution in [2.24, 2.45) is 5.73 Å². The highest BCUT2D eigenvalue weighted by Gasteiger charge is 2.50. The Bertz CT molecular complexity index is 370. The molecule has 8 nitrogen and oxygen atoms in total. The zero-order valence-electron chi connectivity index (χ0n) is 11.0. The molecule has 0 saturated carbocycles. The molecule has 1 heterocycles. The van der Waals surface area contributed by atoms with E-state index in [0.717, 1.165) is 0 Å². The summed E-state index contributed by atoms with van der Waals surface area (Å²) in [6.07, 6.45) is -3.79. The summed E-state index contributed by atoms with van der Waals surface area (Å²) >= 11 is 0. The molecule has 0 spiro atoms. The molecule has 0 amide bonds. The summed E-state index contributed by atoms with van der Waals surface area (Å²) in [5, 5.41) is 0. The number of carbonyl (C=O) groups excluding carboxylic acids is 3. The molecule has 1 fully saturated rings. The Morgan fingerprint density at radius 2 is 1.42 bits per heavy atom. The third-order valence-corrected chi connectivity index (χ3v) is 2.39. The van der Waals surface area contributed by atoms with Crippen LogP contribution in [0.1, 0.15) is 20.8 Å². The molecule has 1 saturated heterocycles. The van der Waals surface area contributed by atoms with Crippen molar-refractivity contribution in [2.75, 3.05) is 6.54 Å². The van der Waals surface area contributed by atoms with Crippen LogP contribution in [0.25, 0.3) is 0 Å². The predicted molar refractivity (Wildman–Crippen MR) is 60.6 cm³/mol. The van der Waals surface area contributed by atoms with Gasteiger partial charge in [0.1, 0.15) is 6.10 Å². The number of nitrogens with two attached hydrogens (primary N) is 1. The first kappa shape index (κ1) is 15.4. The lowest BCUT2D eigenvalue weighted by Gasteiger charge is -2.22. The molecule has 4 unspecified atom stereocenters. The van der Waals surface area contributed by atoms with Gasteiger partial charge in [-0.2, -0.15) is 0 Å². The van der Waals surface area contributed by atoms with Crippen molar-refractivity contribution in [3.8, 4) is 0 Å². The van der Waals surface area contributed by atoms with Crippen LogP contribution >= 0.6 is 0 Å². The highest BCUT2D eigenvalue weighted by molar-refractivity contribution is 5.68. The first-order chi connectivity index (χ1) is 8.85. The van der Waals surface area contributed by atoms with Gasteiger partial charge in [0.15, 0.2) is 6.10 Å². The van der Waals surface area contributed by atoms with Gasteiger partial charge in [-0.3, -0.25) is 14.4 Å². The molecule has 1 rings (SSSR count). The van der Waals surface area contributed by atoms with Crippen molar-refractivity contribution < 1.29 is 33.3 Å². The molecule has 0 aromatic carbocycles. The molecule has 0 aromatic heterocycles. The molecular weight excluding hydrogens is 258 g/mol. The molecular formula is C11H17NO7. The standard InChI is InChI=1S/C11H17NO7/c1-5(13)16-9-8(4-12)19-11(18-7(3)15)10(9)17-6(2)14/h8-11H,4,12H2,1-3H3. The normalized spacial score (nSPS) is 29.7. The maximum Gasteiger partial charge on any atom is 0.305 e. The Hall–Kier alpha value is -1.67. The van der Waals surface area contributed by atoms with E-state index in [1.807, 2.05) is 0 Å². The van der Waals surface area contributed by atoms with Crippen molar-refractivity contribution in [3.63, 3.8) is 0 Å². The van der Waals surface area contributed by atoms with Gasteiger partial charge in [-0.05, 0) is 0 Å². The molecule has 2 N–H and O–H groups in total. The summed E-state index contributed by atoms with van der Waals surface area (Å²) in [6, 6.07) is 0. The highest BCUT2D eigenvalue weighted by atomic mass is 16.7. The van der Waals surface area contributed by atoms with Crippen LogP contribution in [0.5, 0.6) is 0 Å². The first-order valence-corrected chi connectivity index (χ1v) is 5.72. The molecule has 0 radical (unpaired) electrons. The lowest BCUT2D eigenvalue weighted by Crippen LogP contribution is -2.42. The third-order valence-electron chi connectivity index (χ3n) is 2.39. The second-order valence-corrected chi connectivity index (χ2v) is 4.04. The van der Waals surface area contributed by atoms with Crippen molar-refractivity contribution in [1.82, 2.24) is 0 Å². The quantitative estimate of drug-likeness (QED) is 0.518. The van der Waals surface area contributed by atoms with Gasteiger partial charge in [0.05, 0.1) is 0 Å². The molecule has 0 aliphatic carbocycles. The molecule has 4 atom stereocenters. The van der Waals surface area contributed by atoms with Crippen molar-refractivity contribution in [2.45, 2.75) is 45.4 Å². The predicted octanol–water partition coefficient (Wildman–Crippen LogP) is -0.903. The lowest BCUT2D eigenvalue weighted by molar-refractivity contribution is -0.195. The molecule has 0 bridgehead atoms. The van der Waals surface area contributed by atoms with E-state index in [1.54, 1.807) is 0 Å². The summed E-state index contributed by atoms with van der Waals surface area (Å²) in [5.74, 6) is -1.80. The minimum Gasteiger partial charge on any atom is -0.455 e. The van der Waals surface area contributed by atoms with Crippen molar-refractivity contribution in [1.29, 1.82) is 0 Å². The van der Waals surface area contributed by atoms with E-state index in [1.165, 1.54) is 20.8 Å². The van der Waals surface area contributed by atoms with Gasteiger partial charge in [0.2, 0.25) is 12.4 Å².